The summed E-state index contributed by atoms with van der Waals surface area (Å²) in [6, 6.07) is 5.89. The van der Waals surface area contributed by atoms with Crippen molar-refractivity contribution in [3.8, 4) is 5.75 Å². The van der Waals surface area contributed by atoms with Crippen LogP contribution in [0, 0.1) is 0 Å². The number of carboxylic acid groups (broad SMARTS) is 1. The van der Waals surface area contributed by atoms with Gasteiger partial charge in [0.05, 0.1) is 0 Å². The molecule has 0 spiro atoms. The van der Waals surface area contributed by atoms with Crippen LogP contribution in [0.5, 0.6) is 5.75 Å². The molecule has 1 aromatic rings. The van der Waals surface area contributed by atoms with Crippen molar-refractivity contribution in [1.29, 1.82) is 0 Å². The molecule has 0 aliphatic carbocycles. The number of rotatable bonds is 2. The Bertz CT molecular complexity index is 358. The zero-order valence-corrected chi connectivity index (χ0v) is 6.57. The summed E-state index contributed by atoms with van der Waals surface area (Å²) in [5.41, 5.74) is 0.141. The summed E-state index contributed by atoms with van der Waals surface area (Å²) < 4.78 is 12.5. The normalized spacial score (nSPS) is 11.3. The van der Waals surface area contributed by atoms with Gasteiger partial charge in [-0.05, 0) is 12.1 Å². The van der Waals surface area contributed by atoms with E-state index in [1.54, 1.807) is 12.1 Å². The lowest BCUT2D eigenvalue weighted by Gasteiger charge is -1.96. The van der Waals surface area contributed by atoms with E-state index in [4.69, 9.17) is 10.2 Å². The quantitative estimate of drug-likeness (QED) is 0.685. The predicted octanol–water partition coefficient (Wildman–Crippen LogP) is 1.79. The highest BCUT2D eigenvalue weighted by Crippen LogP contribution is 2.19. The van der Waals surface area contributed by atoms with E-state index in [0.717, 1.165) is 6.08 Å². The lowest BCUT2D eigenvalue weighted by atomic mass is 10.2. The Kier molecular flexibility index (Phi) is 2.64. The number of halogens is 1. The van der Waals surface area contributed by atoms with Crippen LogP contribution in [0.1, 0.15) is 5.56 Å². The van der Waals surface area contributed by atoms with Gasteiger partial charge < -0.3 is 10.2 Å². The molecule has 0 fully saturated rings. The molecule has 2 N–H and O–H groups in total. The third kappa shape index (κ3) is 2.30. The Balaban J connectivity index is 3.04. The highest BCUT2D eigenvalue weighted by Gasteiger charge is 2.06. The first-order valence-corrected chi connectivity index (χ1v) is 3.50. The maximum absolute atomic E-state index is 12.5. The molecule has 13 heavy (non-hydrogen) atoms. The zero-order chi connectivity index (χ0) is 9.84. The van der Waals surface area contributed by atoms with Gasteiger partial charge >= 0.3 is 5.97 Å². The zero-order valence-electron chi connectivity index (χ0n) is 6.57. The van der Waals surface area contributed by atoms with Gasteiger partial charge in [0.15, 0.2) is 0 Å². The molecule has 1 rings (SSSR count). The average molecular weight is 182 g/mol. The third-order valence-electron chi connectivity index (χ3n) is 1.42. The minimum Gasteiger partial charge on any atom is -0.507 e. The standard InChI is InChI=1S/C9H7FO3/c10-7(9(12)13)5-6-3-1-2-4-8(6)11/h1-5,11H,(H,12,13). The van der Waals surface area contributed by atoms with Gasteiger partial charge in [0.2, 0.25) is 5.83 Å². The van der Waals surface area contributed by atoms with E-state index in [-0.39, 0.29) is 11.3 Å². The average Bonchev–Trinajstić information content (AvgIpc) is 2.08. The first-order valence-electron chi connectivity index (χ1n) is 3.50. The van der Waals surface area contributed by atoms with Crippen molar-refractivity contribution in [2.24, 2.45) is 0 Å². The van der Waals surface area contributed by atoms with Crippen molar-refractivity contribution in [1.82, 2.24) is 0 Å². The van der Waals surface area contributed by atoms with Crippen LogP contribution in [0.25, 0.3) is 6.08 Å². The molecule has 3 nitrogen and oxygen atoms in total. The van der Waals surface area contributed by atoms with Gasteiger partial charge in [0.25, 0.3) is 0 Å². The monoisotopic (exact) mass is 182 g/mol. The molecule has 0 aliphatic rings. The summed E-state index contributed by atoms with van der Waals surface area (Å²) in [4.78, 5) is 10.1. The second-order valence-corrected chi connectivity index (χ2v) is 2.36. The first kappa shape index (κ1) is 9.25. The van der Waals surface area contributed by atoms with E-state index in [1.165, 1.54) is 12.1 Å². The lowest BCUT2D eigenvalue weighted by molar-refractivity contribution is -0.134. The van der Waals surface area contributed by atoms with Crippen LogP contribution >= 0.6 is 0 Å². The van der Waals surface area contributed by atoms with Crippen LogP contribution < -0.4 is 0 Å². The molecule has 4 heteroatoms. The van der Waals surface area contributed by atoms with E-state index in [2.05, 4.69) is 0 Å². The van der Waals surface area contributed by atoms with E-state index < -0.39 is 11.8 Å². The van der Waals surface area contributed by atoms with Crippen molar-refractivity contribution in [3.05, 3.63) is 35.7 Å². The molecule has 0 atom stereocenters. The number of aliphatic carboxylic acids is 1. The maximum Gasteiger partial charge on any atom is 0.364 e. The Morgan fingerprint density at radius 2 is 2.00 bits per heavy atom. The SMILES string of the molecule is O=C(O)C(F)=Cc1ccccc1O. The molecule has 0 saturated heterocycles. The number of hydrogen-bond donors (Lipinski definition) is 2. The smallest absolute Gasteiger partial charge is 0.364 e. The minimum atomic E-state index is -1.65. The molecule has 0 aromatic heterocycles. The number of carboxylic acids is 1. The molecular weight excluding hydrogens is 175 g/mol. The van der Waals surface area contributed by atoms with Crippen molar-refractivity contribution in [2.45, 2.75) is 0 Å². The van der Waals surface area contributed by atoms with Crippen molar-refractivity contribution in [2.75, 3.05) is 0 Å². The summed E-state index contributed by atoms with van der Waals surface area (Å²) >= 11 is 0. The Hall–Kier alpha value is -1.84. The Morgan fingerprint density at radius 3 is 2.54 bits per heavy atom. The molecule has 68 valence electrons. The van der Waals surface area contributed by atoms with Crippen LogP contribution in [0.3, 0.4) is 0 Å². The summed E-state index contributed by atoms with van der Waals surface area (Å²) in [5, 5.41) is 17.3. The Morgan fingerprint density at radius 1 is 1.38 bits per heavy atom. The molecule has 0 unspecified atom stereocenters. The third-order valence-corrected chi connectivity index (χ3v) is 1.42. The molecular formula is C9H7FO3. The fourth-order valence-electron chi connectivity index (χ4n) is 0.808. The van der Waals surface area contributed by atoms with Crippen LogP contribution in [-0.2, 0) is 4.79 Å². The second kappa shape index (κ2) is 3.71. The van der Waals surface area contributed by atoms with Crippen LogP contribution in [0.15, 0.2) is 30.1 Å². The van der Waals surface area contributed by atoms with Crippen molar-refractivity contribution >= 4 is 12.0 Å². The van der Waals surface area contributed by atoms with Gasteiger partial charge in [0, 0.05) is 5.56 Å². The lowest BCUT2D eigenvalue weighted by Crippen LogP contribution is -1.93. The number of phenolic OH excluding ortho intramolecular Hbond substituents is 1. The second-order valence-electron chi connectivity index (χ2n) is 2.36. The topological polar surface area (TPSA) is 57.5 Å². The molecule has 0 bridgehead atoms. The van der Waals surface area contributed by atoms with E-state index in [0.29, 0.717) is 0 Å². The number of phenols is 1. The highest BCUT2D eigenvalue weighted by atomic mass is 19.1. The Labute approximate surface area is 73.8 Å². The van der Waals surface area contributed by atoms with Gasteiger partial charge in [-0.1, -0.05) is 18.2 Å². The number of para-hydroxylation sites is 1. The summed E-state index contributed by atoms with van der Waals surface area (Å²) in [6.45, 7) is 0. The molecule has 0 saturated carbocycles. The molecule has 0 heterocycles. The minimum absolute atomic E-state index is 0.141. The summed E-state index contributed by atoms with van der Waals surface area (Å²) in [6.07, 6.45) is 0.762. The van der Waals surface area contributed by atoms with Gasteiger partial charge in [-0.15, -0.1) is 0 Å². The first-order chi connectivity index (χ1) is 6.11. The van der Waals surface area contributed by atoms with Gasteiger partial charge in [-0.3, -0.25) is 0 Å². The number of aromatic hydroxyl groups is 1. The van der Waals surface area contributed by atoms with Crippen LogP contribution in [-0.4, -0.2) is 16.2 Å². The van der Waals surface area contributed by atoms with Crippen molar-refractivity contribution in [3.63, 3.8) is 0 Å². The van der Waals surface area contributed by atoms with E-state index >= 15 is 0 Å². The fourth-order valence-corrected chi connectivity index (χ4v) is 0.808. The van der Waals surface area contributed by atoms with Crippen LogP contribution in [0.2, 0.25) is 0 Å². The van der Waals surface area contributed by atoms with E-state index in [9.17, 15) is 9.18 Å². The molecule has 0 radical (unpaired) electrons. The van der Waals surface area contributed by atoms with Crippen LogP contribution in [0.4, 0.5) is 4.39 Å². The molecule has 0 amide bonds. The molecule has 1 aromatic carbocycles. The number of benzene rings is 1. The highest BCUT2D eigenvalue weighted by molar-refractivity contribution is 5.90. The maximum atomic E-state index is 12.5. The number of carbonyl (C=O) groups is 1. The van der Waals surface area contributed by atoms with E-state index in [1.807, 2.05) is 0 Å². The van der Waals surface area contributed by atoms with Crippen molar-refractivity contribution < 1.29 is 19.4 Å². The predicted molar refractivity (Wildman–Crippen MR) is 44.8 cm³/mol. The summed E-state index contributed by atoms with van der Waals surface area (Å²) in [5.74, 6) is -3.11. The number of hydrogen-bond acceptors (Lipinski definition) is 2. The fraction of sp³-hybridized carbons (Fsp3) is 0. The van der Waals surface area contributed by atoms with Gasteiger partial charge in [-0.2, -0.15) is 4.39 Å². The van der Waals surface area contributed by atoms with Gasteiger partial charge in [0.1, 0.15) is 5.75 Å². The van der Waals surface area contributed by atoms with Gasteiger partial charge in [-0.25, -0.2) is 4.79 Å². The molecule has 0 aliphatic heterocycles. The summed E-state index contributed by atoms with van der Waals surface area (Å²) in [7, 11) is 0. The largest absolute Gasteiger partial charge is 0.507 e.